The van der Waals surface area contributed by atoms with Crippen molar-refractivity contribution in [2.24, 2.45) is 0 Å². The molecule has 0 aliphatic heterocycles. The Morgan fingerprint density at radius 1 is 1.10 bits per heavy atom. The molecule has 1 aromatic carbocycles. The minimum absolute atomic E-state index is 0.0443. The molecule has 0 radical (unpaired) electrons. The lowest BCUT2D eigenvalue weighted by molar-refractivity contribution is 0.399. The summed E-state index contributed by atoms with van der Waals surface area (Å²) in [6.07, 6.45) is 1.41. The third kappa shape index (κ3) is 2.90. The SMILES string of the molecule is COc1ccc(C(C)Nc2ncnc(OC)c2N)cc1. The van der Waals surface area contributed by atoms with Crippen LogP contribution in [0.25, 0.3) is 0 Å². The van der Waals surface area contributed by atoms with Gasteiger partial charge < -0.3 is 20.5 Å². The van der Waals surface area contributed by atoms with Gasteiger partial charge in [0.15, 0.2) is 5.82 Å². The van der Waals surface area contributed by atoms with E-state index in [1.807, 2.05) is 31.2 Å². The van der Waals surface area contributed by atoms with Crippen LogP contribution in [0.5, 0.6) is 11.6 Å². The lowest BCUT2D eigenvalue weighted by atomic mass is 10.1. The van der Waals surface area contributed by atoms with E-state index in [0.717, 1.165) is 11.3 Å². The Morgan fingerprint density at radius 2 is 1.80 bits per heavy atom. The molecule has 2 rings (SSSR count). The van der Waals surface area contributed by atoms with Gasteiger partial charge in [-0.15, -0.1) is 0 Å². The molecule has 1 atom stereocenters. The molecule has 0 bridgehead atoms. The standard InChI is InChI=1S/C14H18N4O2/c1-9(10-4-6-11(19-2)7-5-10)18-13-12(15)14(20-3)17-8-16-13/h4-9H,15H2,1-3H3,(H,16,17,18). The van der Waals surface area contributed by atoms with Gasteiger partial charge in [-0.2, -0.15) is 4.98 Å². The number of hydrogen-bond donors (Lipinski definition) is 2. The van der Waals surface area contributed by atoms with Crippen molar-refractivity contribution < 1.29 is 9.47 Å². The van der Waals surface area contributed by atoms with Crippen LogP contribution in [0, 0.1) is 0 Å². The lowest BCUT2D eigenvalue weighted by Gasteiger charge is -2.17. The summed E-state index contributed by atoms with van der Waals surface area (Å²) >= 11 is 0. The molecular weight excluding hydrogens is 256 g/mol. The number of rotatable bonds is 5. The van der Waals surface area contributed by atoms with Crippen molar-refractivity contribution in [3.8, 4) is 11.6 Å². The molecule has 0 spiro atoms. The van der Waals surface area contributed by atoms with Crippen molar-refractivity contribution in [3.05, 3.63) is 36.2 Å². The first kappa shape index (κ1) is 13.9. The number of nitrogens with zero attached hydrogens (tertiary/aromatic N) is 2. The van der Waals surface area contributed by atoms with Gasteiger partial charge in [0.1, 0.15) is 17.8 Å². The molecule has 3 N–H and O–H groups in total. The Bertz CT molecular complexity index is 572. The average molecular weight is 274 g/mol. The smallest absolute Gasteiger partial charge is 0.242 e. The van der Waals surface area contributed by atoms with Crippen LogP contribution in [0.4, 0.5) is 11.5 Å². The number of nitrogens with one attached hydrogen (secondary N) is 1. The molecular formula is C14H18N4O2. The van der Waals surface area contributed by atoms with E-state index in [4.69, 9.17) is 15.2 Å². The Labute approximate surface area is 118 Å². The minimum atomic E-state index is 0.0443. The molecule has 6 nitrogen and oxygen atoms in total. The number of ether oxygens (including phenoxy) is 2. The van der Waals surface area contributed by atoms with Crippen molar-refractivity contribution in [1.29, 1.82) is 0 Å². The van der Waals surface area contributed by atoms with Crippen molar-refractivity contribution in [2.75, 3.05) is 25.3 Å². The largest absolute Gasteiger partial charge is 0.497 e. The van der Waals surface area contributed by atoms with E-state index >= 15 is 0 Å². The number of aromatic nitrogens is 2. The summed E-state index contributed by atoms with van der Waals surface area (Å²) in [5, 5.41) is 3.24. The topological polar surface area (TPSA) is 82.3 Å². The third-order valence-corrected chi connectivity index (χ3v) is 3.01. The van der Waals surface area contributed by atoms with Crippen LogP contribution in [-0.4, -0.2) is 24.2 Å². The molecule has 0 saturated carbocycles. The van der Waals surface area contributed by atoms with Gasteiger partial charge in [-0.3, -0.25) is 0 Å². The van der Waals surface area contributed by atoms with Gasteiger partial charge in [-0.05, 0) is 24.6 Å². The Hall–Kier alpha value is -2.50. The predicted octanol–water partition coefficient (Wildman–Crippen LogP) is 2.25. The zero-order valence-electron chi connectivity index (χ0n) is 11.8. The number of nitrogens with two attached hydrogens (primary N) is 1. The highest BCUT2D eigenvalue weighted by atomic mass is 16.5. The highest BCUT2D eigenvalue weighted by Gasteiger charge is 2.12. The first-order chi connectivity index (χ1) is 9.65. The summed E-state index contributed by atoms with van der Waals surface area (Å²) in [7, 11) is 3.17. The average Bonchev–Trinajstić information content (AvgIpc) is 2.49. The van der Waals surface area contributed by atoms with Gasteiger partial charge in [0.25, 0.3) is 0 Å². The Balaban J connectivity index is 2.16. The zero-order valence-corrected chi connectivity index (χ0v) is 11.8. The van der Waals surface area contributed by atoms with Crippen molar-refractivity contribution in [3.63, 3.8) is 0 Å². The van der Waals surface area contributed by atoms with Crippen LogP contribution in [0.15, 0.2) is 30.6 Å². The number of hydrogen-bond acceptors (Lipinski definition) is 6. The van der Waals surface area contributed by atoms with Crippen LogP contribution in [0.3, 0.4) is 0 Å². The number of benzene rings is 1. The van der Waals surface area contributed by atoms with Gasteiger partial charge in [-0.25, -0.2) is 4.98 Å². The maximum atomic E-state index is 5.93. The van der Waals surface area contributed by atoms with Crippen LogP contribution in [0.1, 0.15) is 18.5 Å². The van der Waals surface area contributed by atoms with Gasteiger partial charge in [0, 0.05) is 0 Å². The second kappa shape index (κ2) is 6.10. The highest BCUT2D eigenvalue weighted by Crippen LogP contribution is 2.28. The van der Waals surface area contributed by atoms with Crippen molar-refractivity contribution in [1.82, 2.24) is 9.97 Å². The molecule has 1 aromatic heterocycles. The van der Waals surface area contributed by atoms with Gasteiger partial charge in [0.05, 0.1) is 20.3 Å². The Morgan fingerprint density at radius 3 is 2.40 bits per heavy atom. The molecule has 0 saturated heterocycles. The predicted molar refractivity (Wildman–Crippen MR) is 78.0 cm³/mol. The molecule has 106 valence electrons. The lowest BCUT2D eigenvalue weighted by Crippen LogP contribution is -2.11. The summed E-state index contributed by atoms with van der Waals surface area (Å²) in [5.41, 5.74) is 7.43. The van der Waals surface area contributed by atoms with Gasteiger partial charge in [-0.1, -0.05) is 12.1 Å². The van der Waals surface area contributed by atoms with Crippen LogP contribution in [-0.2, 0) is 0 Å². The summed E-state index contributed by atoms with van der Waals surface area (Å²) < 4.78 is 10.2. The number of nitrogen functional groups attached to an aromatic ring is 1. The summed E-state index contributed by atoms with van der Waals surface area (Å²) in [6, 6.07) is 7.85. The number of anilines is 2. The van der Waals surface area contributed by atoms with E-state index in [1.165, 1.54) is 13.4 Å². The first-order valence-corrected chi connectivity index (χ1v) is 6.20. The van der Waals surface area contributed by atoms with Crippen molar-refractivity contribution >= 4 is 11.5 Å². The summed E-state index contributed by atoms with van der Waals surface area (Å²) in [4.78, 5) is 8.08. The van der Waals surface area contributed by atoms with Gasteiger partial charge >= 0.3 is 0 Å². The number of methoxy groups -OCH3 is 2. The fourth-order valence-corrected chi connectivity index (χ4v) is 1.84. The summed E-state index contributed by atoms with van der Waals surface area (Å²) in [6.45, 7) is 2.02. The minimum Gasteiger partial charge on any atom is -0.497 e. The van der Waals surface area contributed by atoms with E-state index in [1.54, 1.807) is 7.11 Å². The van der Waals surface area contributed by atoms with Gasteiger partial charge in [0.2, 0.25) is 5.88 Å². The van der Waals surface area contributed by atoms with Crippen LogP contribution in [0.2, 0.25) is 0 Å². The molecule has 20 heavy (non-hydrogen) atoms. The monoisotopic (exact) mass is 274 g/mol. The second-order valence-electron chi connectivity index (χ2n) is 4.28. The molecule has 0 fully saturated rings. The van der Waals surface area contributed by atoms with E-state index in [0.29, 0.717) is 17.4 Å². The molecule has 0 aliphatic carbocycles. The first-order valence-electron chi connectivity index (χ1n) is 6.20. The second-order valence-corrected chi connectivity index (χ2v) is 4.28. The van der Waals surface area contributed by atoms with E-state index in [2.05, 4.69) is 15.3 Å². The fraction of sp³-hybridized carbons (Fsp3) is 0.286. The van der Waals surface area contributed by atoms with Crippen LogP contribution >= 0.6 is 0 Å². The molecule has 6 heteroatoms. The van der Waals surface area contributed by atoms with Crippen LogP contribution < -0.4 is 20.5 Å². The van der Waals surface area contributed by atoms with E-state index < -0.39 is 0 Å². The van der Waals surface area contributed by atoms with E-state index in [9.17, 15) is 0 Å². The molecule has 1 heterocycles. The Kier molecular flexibility index (Phi) is 4.24. The highest BCUT2D eigenvalue weighted by molar-refractivity contribution is 5.66. The summed E-state index contributed by atoms with van der Waals surface area (Å²) in [5.74, 6) is 1.74. The molecule has 1 unspecified atom stereocenters. The molecule has 2 aromatic rings. The normalized spacial score (nSPS) is 11.8. The molecule has 0 aliphatic rings. The third-order valence-electron chi connectivity index (χ3n) is 3.01. The van der Waals surface area contributed by atoms with E-state index in [-0.39, 0.29) is 6.04 Å². The fourth-order valence-electron chi connectivity index (χ4n) is 1.84. The quantitative estimate of drug-likeness (QED) is 0.870. The zero-order chi connectivity index (χ0) is 14.5. The maximum Gasteiger partial charge on any atom is 0.242 e. The maximum absolute atomic E-state index is 5.93. The molecule has 0 amide bonds. The van der Waals surface area contributed by atoms with Crippen molar-refractivity contribution in [2.45, 2.75) is 13.0 Å².